The second-order valence-electron chi connectivity index (χ2n) is 4.06. The number of aliphatic hydroxyl groups excluding tert-OH is 2. The van der Waals surface area contributed by atoms with E-state index in [1.54, 1.807) is 18.2 Å². The molecule has 2 N–H and O–H groups in total. The quantitative estimate of drug-likeness (QED) is 0.849. The maximum absolute atomic E-state index is 9.42. The predicted molar refractivity (Wildman–Crippen MR) is 63.8 cm³/mol. The van der Waals surface area contributed by atoms with Crippen LogP contribution in [0.1, 0.15) is 5.56 Å². The van der Waals surface area contributed by atoms with Crippen LogP contribution in [0.2, 0.25) is 10.0 Å². The molecule has 3 nitrogen and oxygen atoms in total. The van der Waals surface area contributed by atoms with Gasteiger partial charge in [0.2, 0.25) is 0 Å². The highest BCUT2D eigenvalue weighted by molar-refractivity contribution is 6.33. The average Bonchev–Trinajstić information content (AvgIpc) is 2.52. The fourth-order valence-electron chi connectivity index (χ4n) is 1.88. The van der Waals surface area contributed by atoms with Gasteiger partial charge in [-0.1, -0.05) is 23.2 Å². The first kappa shape index (κ1) is 12.1. The molecule has 1 saturated heterocycles. The average molecular weight is 262 g/mol. The molecule has 0 bridgehead atoms. The molecule has 0 aliphatic carbocycles. The van der Waals surface area contributed by atoms with Gasteiger partial charge < -0.3 is 10.2 Å². The van der Waals surface area contributed by atoms with Crippen LogP contribution in [-0.4, -0.2) is 40.4 Å². The number of rotatable bonds is 2. The fraction of sp³-hybridized carbons (Fsp3) is 0.455. The normalized spacial score (nSPS) is 26.2. The monoisotopic (exact) mass is 261 g/mol. The van der Waals surface area contributed by atoms with E-state index in [0.717, 1.165) is 5.56 Å². The van der Waals surface area contributed by atoms with Gasteiger partial charge >= 0.3 is 0 Å². The minimum atomic E-state index is -0.669. The maximum atomic E-state index is 9.42. The standard InChI is InChI=1S/C11H13Cl2NO2/c12-8-1-2-9(13)7(3-8)4-14-5-10(15)11(16)6-14/h1-3,10-11,15-16H,4-6H2/t10-,11+. The van der Waals surface area contributed by atoms with Crippen molar-refractivity contribution in [1.29, 1.82) is 0 Å². The number of likely N-dealkylation sites (tertiary alicyclic amines) is 1. The summed E-state index contributed by atoms with van der Waals surface area (Å²) in [5, 5.41) is 20.1. The van der Waals surface area contributed by atoms with E-state index in [-0.39, 0.29) is 0 Å². The first-order valence-corrected chi connectivity index (χ1v) is 5.84. The van der Waals surface area contributed by atoms with E-state index < -0.39 is 12.2 Å². The second-order valence-corrected chi connectivity index (χ2v) is 4.91. The summed E-state index contributed by atoms with van der Waals surface area (Å²) >= 11 is 11.9. The number of β-amino-alcohol motifs (C(OH)–C–C–N with tert-alkyl or cyclic N) is 2. The van der Waals surface area contributed by atoms with Gasteiger partial charge in [-0.15, -0.1) is 0 Å². The second kappa shape index (κ2) is 4.90. The molecule has 2 rings (SSSR count). The number of benzene rings is 1. The molecule has 0 radical (unpaired) electrons. The predicted octanol–water partition coefficient (Wildman–Crippen LogP) is 1.53. The van der Waals surface area contributed by atoms with Gasteiger partial charge in [0.25, 0.3) is 0 Å². The van der Waals surface area contributed by atoms with Crippen LogP contribution in [0.4, 0.5) is 0 Å². The summed E-state index contributed by atoms with van der Waals surface area (Å²) in [5.74, 6) is 0. The SMILES string of the molecule is O[C@@H]1CN(Cc2cc(Cl)ccc2Cl)C[C@@H]1O. The van der Waals surface area contributed by atoms with Crippen LogP contribution in [0.25, 0.3) is 0 Å². The van der Waals surface area contributed by atoms with Crippen LogP contribution in [0.3, 0.4) is 0 Å². The molecule has 1 heterocycles. The van der Waals surface area contributed by atoms with Gasteiger partial charge in [0, 0.05) is 29.7 Å². The van der Waals surface area contributed by atoms with Crippen LogP contribution < -0.4 is 0 Å². The summed E-state index contributed by atoms with van der Waals surface area (Å²) < 4.78 is 0. The van der Waals surface area contributed by atoms with E-state index >= 15 is 0 Å². The molecular weight excluding hydrogens is 249 g/mol. The Hall–Kier alpha value is -0.320. The molecule has 16 heavy (non-hydrogen) atoms. The van der Waals surface area contributed by atoms with Crippen molar-refractivity contribution in [1.82, 2.24) is 4.90 Å². The summed E-state index contributed by atoms with van der Waals surface area (Å²) in [4.78, 5) is 1.95. The van der Waals surface area contributed by atoms with Gasteiger partial charge in [-0.2, -0.15) is 0 Å². The van der Waals surface area contributed by atoms with Crippen molar-refractivity contribution >= 4 is 23.2 Å². The Morgan fingerprint density at radius 3 is 2.44 bits per heavy atom. The molecular formula is C11H13Cl2NO2. The minimum Gasteiger partial charge on any atom is -0.389 e. The van der Waals surface area contributed by atoms with Gasteiger partial charge in [-0.05, 0) is 23.8 Å². The Morgan fingerprint density at radius 1 is 1.19 bits per heavy atom. The number of aliphatic hydroxyl groups is 2. The Balaban J connectivity index is 2.07. The van der Waals surface area contributed by atoms with E-state index in [9.17, 15) is 10.2 Å². The lowest BCUT2D eigenvalue weighted by atomic mass is 10.2. The smallest absolute Gasteiger partial charge is 0.0938 e. The molecule has 1 aromatic rings. The zero-order valence-electron chi connectivity index (χ0n) is 8.61. The van der Waals surface area contributed by atoms with Crippen molar-refractivity contribution in [2.45, 2.75) is 18.8 Å². The van der Waals surface area contributed by atoms with Gasteiger partial charge in [-0.25, -0.2) is 0 Å². The Kier molecular flexibility index (Phi) is 3.72. The summed E-state index contributed by atoms with van der Waals surface area (Å²) in [6, 6.07) is 5.30. The van der Waals surface area contributed by atoms with Crippen molar-refractivity contribution in [3.05, 3.63) is 33.8 Å². The first-order chi connectivity index (χ1) is 7.56. The third-order valence-corrected chi connectivity index (χ3v) is 3.34. The highest BCUT2D eigenvalue weighted by Crippen LogP contribution is 2.23. The van der Waals surface area contributed by atoms with Gasteiger partial charge in [-0.3, -0.25) is 4.90 Å². The van der Waals surface area contributed by atoms with Crippen LogP contribution in [0, 0.1) is 0 Å². The third-order valence-electron chi connectivity index (χ3n) is 2.74. The Morgan fingerprint density at radius 2 is 1.81 bits per heavy atom. The number of halogens is 2. The molecule has 88 valence electrons. The number of hydrogen-bond acceptors (Lipinski definition) is 3. The maximum Gasteiger partial charge on any atom is 0.0938 e. The minimum absolute atomic E-state index is 0.462. The van der Waals surface area contributed by atoms with Crippen molar-refractivity contribution in [2.24, 2.45) is 0 Å². The Labute approximate surface area is 104 Å². The van der Waals surface area contributed by atoms with E-state index in [1.165, 1.54) is 0 Å². The van der Waals surface area contributed by atoms with E-state index in [1.807, 2.05) is 4.90 Å². The summed E-state index contributed by atoms with van der Waals surface area (Å²) in [5.41, 5.74) is 0.912. The molecule has 0 unspecified atom stereocenters. The van der Waals surface area contributed by atoms with E-state index in [0.29, 0.717) is 29.7 Å². The van der Waals surface area contributed by atoms with Gasteiger partial charge in [0.15, 0.2) is 0 Å². The molecule has 0 amide bonds. The lowest BCUT2D eigenvalue weighted by Crippen LogP contribution is -2.22. The summed E-state index contributed by atoms with van der Waals surface area (Å²) in [6.45, 7) is 1.52. The molecule has 1 aromatic carbocycles. The number of hydrogen-bond donors (Lipinski definition) is 2. The van der Waals surface area contributed by atoms with Crippen LogP contribution in [0.5, 0.6) is 0 Å². The lowest BCUT2D eigenvalue weighted by molar-refractivity contribution is 0.0572. The van der Waals surface area contributed by atoms with Crippen LogP contribution in [0.15, 0.2) is 18.2 Å². The highest BCUT2D eigenvalue weighted by Gasteiger charge is 2.29. The highest BCUT2D eigenvalue weighted by atomic mass is 35.5. The fourth-order valence-corrected chi connectivity index (χ4v) is 2.25. The molecule has 0 aromatic heterocycles. The molecule has 1 aliphatic rings. The zero-order chi connectivity index (χ0) is 11.7. The topological polar surface area (TPSA) is 43.7 Å². The molecule has 5 heteroatoms. The molecule has 1 fully saturated rings. The molecule has 0 saturated carbocycles. The third kappa shape index (κ3) is 2.67. The largest absolute Gasteiger partial charge is 0.389 e. The zero-order valence-corrected chi connectivity index (χ0v) is 10.1. The molecule has 2 atom stereocenters. The van der Waals surface area contributed by atoms with Gasteiger partial charge in [0.05, 0.1) is 12.2 Å². The van der Waals surface area contributed by atoms with Crippen molar-refractivity contribution in [3.8, 4) is 0 Å². The number of nitrogens with zero attached hydrogens (tertiary/aromatic N) is 1. The van der Waals surface area contributed by atoms with Crippen LogP contribution >= 0.6 is 23.2 Å². The lowest BCUT2D eigenvalue weighted by Gasteiger charge is -2.15. The van der Waals surface area contributed by atoms with Crippen molar-refractivity contribution in [3.63, 3.8) is 0 Å². The van der Waals surface area contributed by atoms with Gasteiger partial charge in [0.1, 0.15) is 0 Å². The van der Waals surface area contributed by atoms with Crippen molar-refractivity contribution < 1.29 is 10.2 Å². The molecule has 0 spiro atoms. The molecule has 1 aliphatic heterocycles. The van der Waals surface area contributed by atoms with E-state index in [2.05, 4.69) is 0 Å². The Bertz CT molecular complexity index is 376. The summed E-state index contributed by atoms with van der Waals surface area (Å²) in [7, 11) is 0. The first-order valence-electron chi connectivity index (χ1n) is 5.08. The summed E-state index contributed by atoms with van der Waals surface area (Å²) in [6.07, 6.45) is -1.34. The van der Waals surface area contributed by atoms with Crippen LogP contribution in [-0.2, 0) is 6.54 Å². The van der Waals surface area contributed by atoms with E-state index in [4.69, 9.17) is 23.2 Å². The van der Waals surface area contributed by atoms with Crippen molar-refractivity contribution in [2.75, 3.05) is 13.1 Å².